The molecule has 11 aromatic carbocycles. The van der Waals surface area contributed by atoms with Crippen LogP contribution < -0.4 is 9.80 Å². The summed E-state index contributed by atoms with van der Waals surface area (Å²) in [6.45, 7) is 2.15. The first-order chi connectivity index (χ1) is 31.7. The highest BCUT2D eigenvalue weighted by Gasteiger charge is 2.21. The average molecular weight is 818 g/mol. The van der Waals surface area contributed by atoms with E-state index in [1.807, 2.05) is 0 Å². The van der Waals surface area contributed by atoms with Gasteiger partial charge < -0.3 is 14.4 Å². The molecule has 12 rings (SSSR count). The smallest absolute Gasteiger partial charge is 0.0542 e. The number of hydrogen-bond acceptors (Lipinski definition) is 2. The van der Waals surface area contributed by atoms with Gasteiger partial charge in [0.25, 0.3) is 0 Å². The summed E-state index contributed by atoms with van der Waals surface area (Å²) < 4.78 is 2.38. The molecule has 12 aromatic rings. The van der Waals surface area contributed by atoms with Gasteiger partial charge in [-0.25, -0.2) is 0 Å². The van der Waals surface area contributed by atoms with E-state index in [2.05, 4.69) is 264 Å². The molecule has 0 atom stereocenters. The van der Waals surface area contributed by atoms with Crippen LogP contribution >= 0.6 is 0 Å². The van der Waals surface area contributed by atoms with E-state index in [9.17, 15) is 0 Å². The molecule has 0 saturated carbocycles. The van der Waals surface area contributed by atoms with Gasteiger partial charge in [0.05, 0.1) is 28.1 Å². The summed E-state index contributed by atoms with van der Waals surface area (Å²) in [6, 6.07) is 88.4. The number of nitrogens with zero attached hydrogens (tertiary/aromatic N) is 3. The number of aryl methyl sites for hydroxylation is 1. The van der Waals surface area contributed by atoms with Crippen molar-refractivity contribution < 1.29 is 0 Å². The van der Waals surface area contributed by atoms with Gasteiger partial charge in [-0.3, -0.25) is 0 Å². The zero-order valence-electron chi connectivity index (χ0n) is 35.4. The fourth-order valence-corrected chi connectivity index (χ4v) is 9.81. The third-order valence-corrected chi connectivity index (χ3v) is 12.8. The second kappa shape index (κ2) is 15.5. The largest absolute Gasteiger partial charge is 0.310 e. The fourth-order valence-electron chi connectivity index (χ4n) is 9.81. The number of anilines is 6. The van der Waals surface area contributed by atoms with Crippen LogP contribution in [0.1, 0.15) is 5.56 Å². The first-order valence-corrected chi connectivity index (χ1v) is 22.0. The van der Waals surface area contributed by atoms with Gasteiger partial charge >= 0.3 is 0 Å². The van der Waals surface area contributed by atoms with E-state index < -0.39 is 0 Å². The summed E-state index contributed by atoms with van der Waals surface area (Å²) in [6.07, 6.45) is 0. The predicted octanol–water partition coefficient (Wildman–Crippen LogP) is 17.2. The molecule has 3 nitrogen and oxygen atoms in total. The molecule has 0 saturated heterocycles. The van der Waals surface area contributed by atoms with E-state index in [0.717, 1.165) is 45.4 Å². The number of aromatic nitrogens is 1. The maximum Gasteiger partial charge on any atom is 0.0542 e. The maximum absolute atomic E-state index is 2.42. The van der Waals surface area contributed by atoms with Crippen LogP contribution in [0.25, 0.3) is 70.9 Å². The Hall–Kier alpha value is -8.40. The number of benzene rings is 11. The Morgan fingerprint density at radius 3 is 1.52 bits per heavy atom. The summed E-state index contributed by atoms with van der Waals surface area (Å²) in [5.41, 5.74) is 13.9. The minimum Gasteiger partial charge on any atom is -0.310 e. The molecule has 0 amide bonds. The minimum absolute atomic E-state index is 1.09. The lowest BCUT2D eigenvalue weighted by Gasteiger charge is -2.29. The van der Waals surface area contributed by atoms with Crippen LogP contribution in [0, 0.1) is 6.92 Å². The zero-order chi connectivity index (χ0) is 42.6. The molecule has 0 aliphatic heterocycles. The van der Waals surface area contributed by atoms with E-state index in [1.54, 1.807) is 0 Å². The van der Waals surface area contributed by atoms with Crippen LogP contribution in [0.15, 0.2) is 243 Å². The second-order valence-corrected chi connectivity index (χ2v) is 16.6. The Bertz CT molecular complexity index is 3670. The standard InChI is InChI=1S/C61H43N3/c1-42-29-33-48(34-30-42)64(58-28-14-18-44-16-6-8-22-52(44)58)60-40-38-50(53-23-9-10-24-54(53)60)45-31-35-47(36-32-45)62(57-27-13-17-43-15-5-7-21-51(43)57)49-37-39-61-56(41-49)55-25-11-12-26-59(55)63(61)46-19-3-2-4-20-46/h2-41H,1H3. The first kappa shape index (κ1) is 37.4. The van der Waals surface area contributed by atoms with E-state index in [1.165, 1.54) is 65.3 Å². The van der Waals surface area contributed by atoms with E-state index in [0.29, 0.717) is 0 Å². The Morgan fingerprint density at radius 2 is 0.812 bits per heavy atom. The highest BCUT2D eigenvalue weighted by atomic mass is 15.2. The van der Waals surface area contributed by atoms with Crippen molar-refractivity contribution in [1.82, 2.24) is 4.57 Å². The van der Waals surface area contributed by atoms with E-state index in [-0.39, 0.29) is 0 Å². The summed E-state index contributed by atoms with van der Waals surface area (Å²) in [7, 11) is 0. The van der Waals surface area contributed by atoms with Crippen LogP contribution in [0.2, 0.25) is 0 Å². The van der Waals surface area contributed by atoms with Crippen LogP contribution in [0.5, 0.6) is 0 Å². The zero-order valence-corrected chi connectivity index (χ0v) is 35.4. The molecule has 0 radical (unpaired) electrons. The lowest BCUT2D eigenvalue weighted by Crippen LogP contribution is -2.11. The second-order valence-electron chi connectivity index (χ2n) is 16.6. The molecule has 0 N–H and O–H groups in total. The Balaban J connectivity index is 1.00. The van der Waals surface area contributed by atoms with Gasteiger partial charge in [0.2, 0.25) is 0 Å². The van der Waals surface area contributed by atoms with Crippen molar-refractivity contribution in [2.24, 2.45) is 0 Å². The molecular formula is C61H43N3. The van der Waals surface area contributed by atoms with Crippen LogP contribution in [-0.2, 0) is 0 Å². The molecule has 3 heteroatoms. The van der Waals surface area contributed by atoms with Crippen LogP contribution in [-0.4, -0.2) is 4.57 Å². The number of hydrogen-bond donors (Lipinski definition) is 0. The Morgan fingerprint density at radius 1 is 0.312 bits per heavy atom. The molecule has 0 bridgehead atoms. The van der Waals surface area contributed by atoms with Gasteiger partial charge in [0.15, 0.2) is 0 Å². The fraction of sp³-hybridized carbons (Fsp3) is 0.0164. The van der Waals surface area contributed by atoms with Crippen molar-refractivity contribution in [2.45, 2.75) is 6.92 Å². The van der Waals surface area contributed by atoms with Crippen molar-refractivity contribution in [2.75, 3.05) is 9.80 Å². The third kappa shape index (κ3) is 6.29. The molecule has 0 aliphatic carbocycles. The quantitative estimate of drug-likeness (QED) is 0.151. The molecule has 0 aliphatic rings. The van der Waals surface area contributed by atoms with Crippen molar-refractivity contribution >= 4 is 88.2 Å². The van der Waals surface area contributed by atoms with Gasteiger partial charge in [0, 0.05) is 49.7 Å². The normalized spacial score (nSPS) is 11.5. The predicted molar refractivity (Wildman–Crippen MR) is 273 cm³/mol. The van der Waals surface area contributed by atoms with Gasteiger partial charge in [-0.05, 0) is 113 Å². The van der Waals surface area contributed by atoms with Gasteiger partial charge in [-0.2, -0.15) is 0 Å². The molecule has 64 heavy (non-hydrogen) atoms. The van der Waals surface area contributed by atoms with Crippen molar-refractivity contribution in [3.8, 4) is 16.8 Å². The van der Waals surface area contributed by atoms with Crippen molar-refractivity contribution in [3.63, 3.8) is 0 Å². The molecule has 0 fully saturated rings. The highest BCUT2D eigenvalue weighted by molar-refractivity contribution is 6.12. The Labute approximate surface area is 372 Å². The summed E-state index contributed by atoms with van der Waals surface area (Å²) in [5.74, 6) is 0. The Kier molecular flexibility index (Phi) is 9.05. The summed E-state index contributed by atoms with van der Waals surface area (Å²) >= 11 is 0. The molecule has 1 heterocycles. The first-order valence-electron chi connectivity index (χ1n) is 22.0. The molecule has 302 valence electrons. The van der Waals surface area contributed by atoms with Crippen LogP contribution in [0.4, 0.5) is 34.1 Å². The van der Waals surface area contributed by atoms with Crippen LogP contribution in [0.3, 0.4) is 0 Å². The monoisotopic (exact) mass is 817 g/mol. The molecule has 1 aromatic heterocycles. The third-order valence-electron chi connectivity index (χ3n) is 12.8. The minimum atomic E-state index is 1.09. The lowest BCUT2D eigenvalue weighted by atomic mass is 9.95. The topological polar surface area (TPSA) is 11.4 Å². The lowest BCUT2D eigenvalue weighted by molar-refractivity contribution is 1.18. The van der Waals surface area contributed by atoms with Crippen molar-refractivity contribution in [3.05, 3.63) is 248 Å². The van der Waals surface area contributed by atoms with E-state index >= 15 is 0 Å². The summed E-state index contributed by atoms with van der Waals surface area (Å²) in [5, 5.41) is 9.68. The number of para-hydroxylation sites is 2. The van der Waals surface area contributed by atoms with Crippen molar-refractivity contribution in [1.29, 1.82) is 0 Å². The molecular weight excluding hydrogens is 775 g/mol. The van der Waals surface area contributed by atoms with E-state index in [4.69, 9.17) is 0 Å². The SMILES string of the molecule is Cc1ccc(N(c2cccc3ccccc23)c2ccc(-c3ccc(N(c4ccc5c(c4)c4ccccc4n5-c4ccccc4)c4cccc5ccccc45)cc3)c3ccccc23)cc1. The summed E-state index contributed by atoms with van der Waals surface area (Å²) in [4.78, 5) is 4.85. The molecule has 0 unspecified atom stereocenters. The molecule has 0 spiro atoms. The number of fused-ring (bicyclic) bond motifs is 6. The van der Waals surface area contributed by atoms with Gasteiger partial charge in [0.1, 0.15) is 0 Å². The van der Waals surface area contributed by atoms with Gasteiger partial charge in [-0.15, -0.1) is 0 Å². The highest BCUT2D eigenvalue weighted by Crippen LogP contribution is 2.46. The maximum atomic E-state index is 2.42. The average Bonchev–Trinajstić information content (AvgIpc) is 3.69. The number of rotatable bonds is 8. The van der Waals surface area contributed by atoms with Gasteiger partial charge in [-0.1, -0.05) is 169 Å².